The number of ether oxygens (including phenoxy) is 1. The van der Waals surface area contributed by atoms with Gasteiger partial charge in [0.2, 0.25) is 15.9 Å². The number of rotatable bonds is 11. The van der Waals surface area contributed by atoms with Crippen LogP contribution in [0.15, 0.2) is 82.6 Å². The van der Waals surface area contributed by atoms with E-state index in [1.165, 1.54) is 67.8 Å². The molecule has 2 N–H and O–H groups in total. The predicted molar refractivity (Wildman–Crippen MR) is 141 cm³/mol. The van der Waals surface area contributed by atoms with E-state index >= 15 is 0 Å². The van der Waals surface area contributed by atoms with Crippen LogP contribution >= 0.6 is 0 Å². The molecule has 3 rings (SSSR count). The second-order valence-corrected chi connectivity index (χ2v) is 11.9. The van der Waals surface area contributed by atoms with Crippen molar-refractivity contribution in [3.63, 3.8) is 0 Å². The molecule has 0 saturated carbocycles. The van der Waals surface area contributed by atoms with Gasteiger partial charge in [0.15, 0.2) is 0 Å². The Morgan fingerprint density at radius 1 is 0.974 bits per heavy atom. The van der Waals surface area contributed by atoms with Gasteiger partial charge in [0.05, 0.1) is 33.2 Å². The van der Waals surface area contributed by atoms with Gasteiger partial charge in [-0.15, -0.1) is 0 Å². The SMILES string of the molecule is COc1ccc(S(=O)(=O)NC(C)C)cc1NC(=O)CN(c1cccc([N+](=O)[O-])c1)S(=O)(=O)c1ccccc1. The number of non-ortho nitro benzene ring substituents is 1. The molecule has 0 aliphatic rings. The molecule has 0 fully saturated rings. The van der Waals surface area contributed by atoms with Crippen molar-refractivity contribution in [2.24, 2.45) is 0 Å². The monoisotopic (exact) mass is 562 g/mol. The molecule has 0 heterocycles. The molecule has 0 bridgehead atoms. The molecule has 38 heavy (non-hydrogen) atoms. The van der Waals surface area contributed by atoms with Gasteiger partial charge < -0.3 is 10.1 Å². The van der Waals surface area contributed by atoms with Gasteiger partial charge >= 0.3 is 0 Å². The zero-order chi connectivity index (χ0) is 28.1. The first-order valence-corrected chi connectivity index (χ1v) is 14.1. The Balaban J connectivity index is 2.01. The Morgan fingerprint density at radius 3 is 2.26 bits per heavy atom. The van der Waals surface area contributed by atoms with Gasteiger partial charge in [0.1, 0.15) is 12.3 Å². The third-order valence-corrected chi connectivity index (χ3v) is 8.54. The average Bonchev–Trinajstić information content (AvgIpc) is 2.87. The fourth-order valence-electron chi connectivity index (χ4n) is 3.45. The van der Waals surface area contributed by atoms with Crippen molar-refractivity contribution >= 4 is 43.0 Å². The molecule has 3 aromatic carbocycles. The number of nitrogens with zero attached hydrogens (tertiary/aromatic N) is 2. The number of hydrogen-bond acceptors (Lipinski definition) is 8. The highest BCUT2D eigenvalue weighted by atomic mass is 32.2. The van der Waals surface area contributed by atoms with E-state index in [9.17, 15) is 31.7 Å². The van der Waals surface area contributed by atoms with Crippen LogP contribution in [0.25, 0.3) is 0 Å². The summed E-state index contributed by atoms with van der Waals surface area (Å²) >= 11 is 0. The Bertz CT molecular complexity index is 1540. The van der Waals surface area contributed by atoms with Crippen molar-refractivity contribution in [2.75, 3.05) is 23.3 Å². The molecule has 0 spiro atoms. The highest BCUT2D eigenvalue weighted by molar-refractivity contribution is 7.92. The number of nitro benzene ring substituents is 1. The first-order valence-electron chi connectivity index (χ1n) is 11.2. The van der Waals surface area contributed by atoms with Crippen LogP contribution in [0.3, 0.4) is 0 Å². The number of amides is 1. The standard InChI is InChI=1S/C24H26N4O8S2/c1-17(2)26-37(32,33)21-12-13-23(36-3)22(15-21)25-24(29)16-27(18-8-7-9-19(14-18)28(30)31)38(34,35)20-10-5-4-6-11-20/h4-15,17,26H,16H2,1-3H3,(H,25,29). The van der Waals surface area contributed by atoms with Crippen molar-refractivity contribution in [3.05, 3.63) is 82.9 Å². The smallest absolute Gasteiger partial charge is 0.271 e. The molecule has 14 heteroatoms. The van der Waals surface area contributed by atoms with Crippen molar-refractivity contribution in [3.8, 4) is 5.75 Å². The van der Waals surface area contributed by atoms with E-state index in [0.29, 0.717) is 0 Å². The number of nitrogens with one attached hydrogen (secondary N) is 2. The molecule has 12 nitrogen and oxygen atoms in total. The molecule has 0 aliphatic heterocycles. The number of benzene rings is 3. The highest BCUT2D eigenvalue weighted by Gasteiger charge is 2.29. The van der Waals surface area contributed by atoms with E-state index in [0.717, 1.165) is 10.4 Å². The number of carbonyl (C=O) groups is 1. The summed E-state index contributed by atoms with van der Waals surface area (Å²) < 4.78 is 60.6. The summed E-state index contributed by atoms with van der Waals surface area (Å²) in [5.41, 5.74) is -0.490. The minimum atomic E-state index is -4.33. The van der Waals surface area contributed by atoms with E-state index in [4.69, 9.17) is 4.74 Å². The van der Waals surface area contributed by atoms with Crippen molar-refractivity contribution in [2.45, 2.75) is 29.7 Å². The lowest BCUT2D eigenvalue weighted by Crippen LogP contribution is -2.38. The molecule has 0 radical (unpaired) electrons. The van der Waals surface area contributed by atoms with Crippen molar-refractivity contribution in [1.29, 1.82) is 0 Å². The molecular weight excluding hydrogens is 536 g/mol. The minimum Gasteiger partial charge on any atom is -0.495 e. The third kappa shape index (κ3) is 6.65. The van der Waals surface area contributed by atoms with Crippen LogP contribution in [0.1, 0.15) is 13.8 Å². The maximum absolute atomic E-state index is 13.5. The number of sulfonamides is 2. The second-order valence-electron chi connectivity index (χ2n) is 8.29. The summed E-state index contributed by atoms with van der Waals surface area (Å²) in [5, 5.41) is 13.8. The lowest BCUT2D eigenvalue weighted by Gasteiger charge is -2.24. The largest absolute Gasteiger partial charge is 0.495 e. The van der Waals surface area contributed by atoms with Crippen LogP contribution in [-0.4, -0.2) is 47.4 Å². The van der Waals surface area contributed by atoms with Gasteiger partial charge in [-0.25, -0.2) is 21.6 Å². The Kier molecular flexibility index (Phi) is 8.70. The van der Waals surface area contributed by atoms with E-state index < -0.39 is 37.4 Å². The normalized spacial score (nSPS) is 11.7. The molecule has 0 aromatic heterocycles. The fraction of sp³-hybridized carbons (Fsp3) is 0.208. The summed E-state index contributed by atoms with van der Waals surface area (Å²) in [6.45, 7) is 2.53. The lowest BCUT2D eigenvalue weighted by atomic mass is 10.2. The van der Waals surface area contributed by atoms with E-state index in [1.807, 2.05) is 0 Å². The third-order valence-electron chi connectivity index (χ3n) is 5.09. The molecule has 202 valence electrons. The summed E-state index contributed by atoms with van der Waals surface area (Å²) in [6, 6.07) is 15.6. The predicted octanol–water partition coefficient (Wildman–Crippen LogP) is 3.12. The molecule has 0 aliphatic carbocycles. The van der Waals surface area contributed by atoms with Crippen LogP contribution in [-0.2, 0) is 24.8 Å². The summed E-state index contributed by atoms with van der Waals surface area (Å²) in [6.07, 6.45) is 0. The fourth-order valence-corrected chi connectivity index (χ4v) is 6.16. The van der Waals surface area contributed by atoms with Gasteiger partial charge in [0, 0.05) is 18.2 Å². The van der Waals surface area contributed by atoms with Crippen LogP contribution < -0.4 is 19.1 Å². The molecule has 0 unspecified atom stereocenters. The lowest BCUT2D eigenvalue weighted by molar-refractivity contribution is -0.384. The number of hydrogen-bond donors (Lipinski definition) is 2. The van der Waals surface area contributed by atoms with Crippen molar-refractivity contribution in [1.82, 2.24) is 4.72 Å². The first kappa shape index (κ1) is 28.6. The second kappa shape index (κ2) is 11.6. The quantitative estimate of drug-likeness (QED) is 0.266. The molecule has 3 aromatic rings. The van der Waals surface area contributed by atoms with Crippen LogP contribution in [0.4, 0.5) is 17.1 Å². The molecule has 0 saturated heterocycles. The Labute approximate surface area is 220 Å². The molecule has 0 atom stereocenters. The van der Waals surface area contributed by atoms with E-state index in [-0.39, 0.29) is 38.6 Å². The minimum absolute atomic E-state index is 0.0137. The maximum Gasteiger partial charge on any atom is 0.271 e. The summed E-state index contributed by atoms with van der Waals surface area (Å²) in [7, 11) is -6.92. The topological polar surface area (TPSA) is 165 Å². The summed E-state index contributed by atoms with van der Waals surface area (Å²) in [5.74, 6) is -0.713. The molecular formula is C24H26N4O8S2. The van der Waals surface area contributed by atoms with E-state index in [1.54, 1.807) is 19.9 Å². The van der Waals surface area contributed by atoms with Gasteiger partial charge in [-0.05, 0) is 50.2 Å². The van der Waals surface area contributed by atoms with E-state index in [2.05, 4.69) is 10.0 Å². The number of nitro groups is 1. The zero-order valence-electron chi connectivity index (χ0n) is 20.7. The summed E-state index contributed by atoms with van der Waals surface area (Å²) in [4.78, 5) is 23.5. The molecule has 1 amide bonds. The van der Waals surface area contributed by atoms with Crippen LogP contribution in [0.5, 0.6) is 5.75 Å². The maximum atomic E-state index is 13.5. The van der Waals surface area contributed by atoms with Crippen LogP contribution in [0, 0.1) is 10.1 Å². The number of anilines is 2. The Hall–Kier alpha value is -4.01. The van der Waals surface area contributed by atoms with Gasteiger partial charge in [-0.1, -0.05) is 24.3 Å². The highest BCUT2D eigenvalue weighted by Crippen LogP contribution is 2.30. The number of methoxy groups -OCH3 is 1. The first-order chi connectivity index (χ1) is 17.8. The van der Waals surface area contributed by atoms with Crippen molar-refractivity contribution < 1.29 is 31.3 Å². The Morgan fingerprint density at radius 2 is 1.66 bits per heavy atom. The zero-order valence-corrected chi connectivity index (χ0v) is 22.3. The van der Waals surface area contributed by atoms with Crippen LogP contribution in [0.2, 0.25) is 0 Å². The number of carbonyl (C=O) groups excluding carboxylic acids is 1. The van der Waals surface area contributed by atoms with Gasteiger partial charge in [-0.3, -0.25) is 19.2 Å². The van der Waals surface area contributed by atoms with Gasteiger partial charge in [0.25, 0.3) is 15.7 Å². The van der Waals surface area contributed by atoms with Gasteiger partial charge in [-0.2, -0.15) is 0 Å². The average molecular weight is 563 g/mol.